The summed E-state index contributed by atoms with van der Waals surface area (Å²) in [6.45, 7) is 0. The molecule has 2 unspecified atom stereocenters. The Morgan fingerprint density at radius 2 is 2.41 bits per heavy atom. The summed E-state index contributed by atoms with van der Waals surface area (Å²) in [5.41, 5.74) is 5.90. The molecule has 0 bridgehead atoms. The van der Waals surface area contributed by atoms with Gasteiger partial charge in [-0.3, -0.25) is 0 Å². The summed E-state index contributed by atoms with van der Waals surface area (Å²) in [7, 11) is 1.67. The number of aliphatic hydroxyl groups is 1. The average molecular weight is 236 g/mol. The van der Waals surface area contributed by atoms with Crippen molar-refractivity contribution in [2.45, 2.75) is 43.8 Å². The molecule has 0 aromatic carbocycles. The SMILES string of the molecule is COC1CCCCC1(O)Cc1ccnc(N)c1. The Kier molecular flexibility index (Phi) is 3.64. The molecule has 1 aliphatic carbocycles. The smallest absolute Gasteiger partial charge is 0.123 e. The number of aromatic nitrogens is 1. The largest absolute Gasteiger partial charge is 0.387 e. The standard InChI is InChI=1S/C13H20N2O2/c1-17-11-4-2-3-6-13(11,16)9-10-5-7-15-12(14)8-10/h5,7-8,11,16H,2-4,6,9H2,1H3,(H2,14,15). The van der Waals surface area contributed by atoms with Crippen molar-refractivity contribution < 1.29 is 9.84 Å². The number of anilines is 1. The van der Waals surface area contributed by atoms with Gasteiger partial charge in [0.1, 0.15) is 5.82 Å². The normalized spacial score (nSPS) is 29.2. The first kappa shape index (κ1) is 12.3. The van der Waals surface area contributed by atoms with Crippen molar-refractivity contribution in [1.29, 1.82) is 0 Å². The van der Waals surface area contributed by atoms with Gasteiger partial charge in [0.25, 0.3) is 0 Å². The van der Waals surface area contributed by atoms with Crippen molar-refractivity contribution >= 4 is 5.82 Å². The molecule has 94 valence electrons. The maximum Gasteiger partial charge on any atom is 0.123 e. The summed E-state index contributed by atoms with van der Waals surface area (Å²) in [5, 5.41) is 10.7. The van der Waals surface area contributed by atoms with Crippen LogP contribution in [0, 0.1) is 0 Å². The van der Waals surface area contributed by atoms with Gasteiger partial charge in [-0.1, -0.05) is 12.8 Å². The lowest BCUT2D eigenvalue weighted by Crippen LogP contribution is -2.47. The highest BCUT2D eigenvalue weighted by atomic mass is 16.5. The second-order valence-corrected chi connectivity index (χ2v) is 4.84. The molecule has 1 heterocycles. The molecule has 4 nitrogen and oxygen atoms in total. The third-order valence-electron chi connectivity index (χ3n) is 3.57. The monoisotopic (exact) mass is 236 g/mol. The minimum Gasteiger partial charge on any atom is -0.387 e. The number of hydrogen-bond acceptors (Lipinski definition) is 4. The maximum atomic E-state index is 10.7. The van der Waals surface area contributed by atoms with Gasteiger partial charge in [-0.15, -0.1) is 0 Å². The number of ether oxygens (including phenoxy) is 1. The lowest BCUT2D eigenvalue weighted by Gasteiger charge is -2.39. The van der Waals surface area contributed by atoms with Crippen molar-refractivity contribution in [2.24, 2.45) is 0 Å². The van der Waals surface area contributed by atoms with E-state index in [1.807, 2.05) is 12.1 Å². The van der Waals surface area contributed by atoms with Crippen LogP contribution in [0.3, 0.4) is 0 Å². The third-order valence-corrected chi connectivity index (χ3v) is 3.57. The fourth-order valence-electron chi connectivity index (χ4n) is 2.69. The number of pyridine rings is 1. The van der Waals surface area contributed by atoms with Crippen LogP contribution in [0.1, 0.15) is 31.2 Å². The average Bonchev–Trinajstić information content (AvgIpc) is 2.29. The van der Waals surface area contributed by atoms with E-state index in [2.05, 4.69) is 4.98 Å². The van der Waals surface area contributed by atoms with E-state index in [4.69, 9.17) is 10.5 Å². The van der Waals surface area contributed by atoms with Gasteiger partial charge in [0, 0.05) is 19.7 Å². The Labute approximate surface area is 102 Å². The molecule has 1 aromatic heterocycles. The first-order chi connectivity index (χ1) is 8.14. The lowest BCUT2D eigenvalue weighted by molar-refractivity contribution is -0.116. The zero-order valence-electron chi connectivity index (χ0n) is 10.2. The molecule has 0 radical (unpaired) electrons. The second-order valence-electron chi connectivity index (χ2n) is 4.84. The third kappa shape index (κ3) is 2.76. The molecular weight excluding hydrogens is 216 g/mol. The van der Waals surface area contributed by atoms with Crippen LogP contribution in [0.5, 0.6) is 0 Å². The molecule has 0 amide bonds. The Balaban J connectivity index is 2.14. The zero-order valence-corrected chi connectivity index (χ0v) is 10.2. The lowest BCUT2D eigenvalue weighted by atomic mass is 9.78. The molecule has 2 atom stereocenters. The number of rotatable bonds is 3. The summed E-state index contributed by atoms with van der Waals surface area (Å²) in [6, 6.07) is 3.72. The van der Waals surface area contributed by atoms with Gasteiger partial charge < -0.3 is 15.6 Å². The molecule has 17 heavy (non-hydrogen) atoms. The van der Waals surface area contributed by atoms with Crippen LogP contribution >= 0.6 is 0 Å². The summed E-state index contributed by atoms with van der Waals surface area (Å²) in [4.78, 5) is 3.96. The molecule has 3 N–H and O–H groups in total. The van der Waals surface area contributed by atoms with Crippen LogP contribution in [0.4, 0.5) is 5.82 Å². The zero-order chi connectivity index (χ0) is 12.3. The van der Waals surface area contributed by atoms with E-state index in [9.17, 15) is 5.11 Å². The van der Waals surface area contributed by atoms with E-state index >= 15 is 0 Å². The summed E-state index contributed by atoms with van der Waals surface area (Å²) >= 11 is 0. The topological polar surface area (TPSA) is 68.4 Å². The van der Waals surface area contributed by atoms with Gasteiger partial charge in [0.2, 0.25) is 0 Å². The van der Waals surface area contributed by atoms with Crippen molar-refractivity contribution in [1.82, 2.24) is 4.98 Å². The molecule has 1 saturated carbocycles. The summed E-state index contributed by atoms with van der Waals surface area (Å²) < 4.78 is 5.41. The van der Waals surface area contributed by atoms with E-state index in [1.54, 1.807) is 13.3 Å². The van der Waals surface area contributed by atoms with E-state index in [0.29, 0.717) is 12.2 Å². The van der Waals surface area contributed by atoms with Gasteiger partial charge in [-0.25, -0.2) is 4.98 Å². The number of nitrogens with zero attached hydrogens (tertiary/aromatic N) is 1. The van der Waals surface area contributed by atoms with Crippen LogP contribution in [-0.2, 0) is 11.2 Å². The van der Waals surface area contributed by atoms with E-state index in [0.717, 1.165) is 31.2 Å². The van der Waals surface area contributed by atoms with Crippen LogP contribution in [-0.4, -0.2) is 28.9 Å². The molecule has 0 saturated heterocycles. The van der Waals surface area contributed by atoms with E-state index in [1.165, 1.54) is 0 Å². The molecule has 0 spiro atoms. The minimum absolute atomic E-state index is 0.0781. The van der Waals surface area contributed by atoms with Gasteiger partial charge in [0.15, 0.2) is 0 Å². The van der Waals surface area contributed by atoms with Crippen molar-refractivity contribution in [3.05, 3.63) is 23.9 Å². The number of nitrogen functional groups attached to an aromatic ring is 1. The Bertz CT molecular complexity index is 383. The predicted molar refractivity (Wildman–Crippen MR) is 66.6 cm³/mol. The van der Waals surface area contributed by atoms with Crippen molar-refractivity contribution in [3.63, 3.8) is 0 Å². The molecule has 1 fully saturated rings. The molecule has 2 rings (SSSR count). The minimum atomic E-state index is -0.763. The van der Waals surface area contributed by atoms with Crippen LogP contribution in [0.2, 0.25) is 0 Å². The van der Waals surface area contributed by atoms with Crippen molar-refractivity contribution in [2.75, 3.05) is 12.8 Å². The highest BCUT2D eigenvalue weighted by Gasteiger charge is 2.39. The maximum absolute atomic E-state index is 10.7. The van der Waals surface area contributed by atoms with E-state index in [-0.39, 0.29) is 6.10 Å². The number of methoxy groups -OCH3 is 1. The Hall–Kier alpha value is -1.13. The van der Waals surface area contributed by atoms with E-state index < -0.39 is 5.60 Å². The first-order valence-corrected chi connectivity index (χ1v) is 6.09. The highest BCUT2D eigenvalue weighted by Crippen LogP contribution is 2.33. The Morgan fingerprint density at radius 3 is 3.12 bits per heavy atom. The fourth-order valence-corrected chi connectivity index (χ4v) is 2.69. The van der Waals surface area contributed by atoms with Gasteiger partial charge in [0.05, 0.1) is 11.7 Å². The fraction of sp³-hybridized carbons (Fsp3) is 0.615. The number of hydrogen-bond donors (Lipinski definition) is 2. The molecule has 0 aliphatic heterocycles. The van der Waals surface area contributed by atoms with Gasteiger partial charge in [-0.2, -0.15) is 0 Å². The van der Waals surface area contributed by atoms with Crippen LogP contribution < -0.4 is 5.73 Å². The second kappa shape index (κ2) is 5.02. The quantitative estimate of drug-likeness (QED) is 0.835. The summed E-state index contributed by atoms with van der Waals surface area (Å²) in [5.74, 6) is 0.496. The Morgan fingerprint density at radius 1 is 1.59 bits per heavy atom. The predicted octanol–water partition coefficient (Wildman–Crippen LogP) is 1.53. The molecule has 4 heteroatoms. The molecular formula is C13H20N2O2. The van der Waals surface area contributed by atoms with Crippen LogP contribution in [0.15, 0.2) is 18.3 Å². The number of nitrogens with two attached hydrogens (primary N) is 1. The molecule has 1 aromatic rings. The van der Waals surface area contributed by atoms with Gasteiger partial charge in [-0.05, 0) is 30.5 Å². The van der Waals surface area contributed by atoms with Crippen molar-refractivity contribution in [3.8, 4) is 0 Å². The summed E-state index contributed by atoms with van der Waals surface area (Å²) in [6.07, 6.45) is 6.07. The highest BCUT2D eigenvalue weighted by molar-refractivity contribution is 5.32. The first-order valence-electron chi connectivity index (χ1n) is 6.09. The molecule has 1 aliphatic rings. The van der Waals surface area contributed by atoms with Gasteiger partial charge >= 0.3 is 0 Å². The van der Waals surface area contributed by atoms with Crippen LogP contribution in [0.25, 0.3) is 0 Å².